The maximum atomic E-state index is 3.11. The maximum Gasteiger partial charge on any atom is 2.00 e. The summed E-state index contributed by atoms with van der Waals surface area (Å²) in [5.41, 5.74) is 1.43. The van der Waals surface area contributed by atoms with Gasteiger partial charge in [0.05, 0.1) is 0 Å². The molecule has 0 nitrogen and oxygen atoms in total. The molecule has 3 aromatic carbocycles. The Morgan fingerprint density at radius 1 is 0.952 bits per heavy atom. The molecule has 1 aliphatic rings. The van der Waals surface area contributed by atoms with Crippen LogP contribution in [-0.4, -0.2) is 0 Å². The molecule has 0 bridgehead atoms. The second-order valence-corrected chi connectivity index (χ2v) is 5.00. The van der Waals surface area contributed by atoms with Crippen molar-refractivity contribution >= 4 is 21.5 Å². The summed E-state index contributed by atoms with van der Waals surface area (Å²) in [6, 6.07) is 19.3. The number of allylic oxidation sites excluding steroid dienone is 4. The Balaban J connectivity index is 0.000000174. The Bertz CT molecular complexity index is 724. The minimum Gasteiger partial charge on any atom is -0.273 e. The van der Waals surface area contributed by atoms with Crippen LogP contribution < -0.4 is 0 Å². The summed E-state index contributed by atoms with van der Waals surface area (Å²) in [6.45, 7) is 2.16. The van der Waals surface area contributed by atoms with E-state index in [4.69, 9.17) is 0 Å². The number of hydrogen-bond donors (Lipinski definition) is 0. The first-order chi connectivity index (χ1) is 9.88. The number of fused-ring (bicyclic) bond motifs is 3. The second-order valence-electron chi connectivity index (χ2n) is 5.00. The Labute approximate surface area is 145 Å². The topological polar surface area (TPSA) is 0 Å². The van der Waals surface area contributed by atoms with Crippen molar-refractivity contribution < 1.29 is 26.2 Å². The van der Waals surface area contributed by atoms with Crippen molar-refractivity contribution in [1.29, 1.82) is 0 Å². The van der Waals surface area contributed by atoms with Crippen molar-refractivity contribution in [1.82, 2.24) is 0 Å². The van der Waals surface area contributed by atoms with Crippen LogP contribution >= 0.6 is 0 Å². The Morgan fingerprint density at radius 3 is 1.95 bits per heavy atom. The van der Waals surface area contributed by atoms with Gasteiger partial charge in [0.25, 0.3) is 0 Å². The molecule has 0 N–H and O–H groups in total. The van der Waals surface area contributed by atoms with Gasteiger partial charge in [0.1, 0.15) is 0 Å². The van der Waals surface area contributed by atoms with Gasteiger partial charge in [-0.15, -0.1) is 46.2 Å². The largest absolute Gasteiger partial charge is 2.00 e. The molecular weight excluding hydrogens is 331 g/mol. The number of rotatable bonds is 1. The van der Waals surface area contributed by atoms with Gasteiger partial charge in [-0.3, -0.25) is 6.08 Å². The van der Waals surface area contributed by atoms with E-state index in [1.54, 1.807) is 0 Å². The van der Waals surface area contributed by atoms with Crippen molar-refractivity contribution in [3.05, 3.63) is 78.4 Å². The summed E-state index contributed by atoms with van der Waals surface area (Å²) in [7, 11) is 0. The molecule has 0 spiro atoms. The zero-order valence-electron chi connectivity index (χ0n) is 12.3. The van der Waals surface area contributed by atoms with Crippen molar-refractivity contribution in [2.24, 2.45) is 0 Å². The van der Waals surface area contributed by atoms with Gasteiger partial charge < -0.3 is 0 Å². The predicted octanol–water partition coefficient (Wildman–Crippen LogP) is 5.80. The van der Waals surface area contributed by atoms with E-state index in [-0.39, 0.29) is 26.2 Å². The van der Waals surface area contributed by atoms with Crippen molar-refractivity contribution in [3.8, 4) is 0 Å². The van der Waals surface area contributed by atoms with Crippen LogP contribution in [0.1, 0.15) is 19.8 Å². The van der Waals surface area contributed by atoms with Gasteiger partial charge in [0, 0.05) is 0 Å². The zero-order valence-corrected chi connectivity index (χ0v) is 14.7. The number of hydrogen-bond acceptors (Lipinski definition) is 0. The summed E-state index contributed by atoms with van der Waals surface area (Å²) >= 11 is 0. The van der Waals surface area contributed by atoms with Gasteiger partial charge >= 0.3 is 26.2 Å². The first kappa shape index (κ1) is 16.1. The third-order valence-electron chi connectivity index (χ3n) is 3.70. The van der Waals surface area contributed by atoms with Crippen LogP contribution in [0.5, 0.6) is 0 Å². The molecule has 1 heteroatoms. The molecule has 3 aromatic rings. The van der Waals surface area contributed by atoms with Gasteiger partial charge in [-0.25, -0.2) is 11.6 Å². The van der Waals surface area contributed by atoms with Gasteiger partial charge in [0.15, 0.2) is 0 Å². The number of benzene rings is 2. The molecule has 102 valence electrons. The molecule has 4 rings (SSSR count). The van der Waals surface area contributed by atoms with Crippen LogP contribution in [0, 0.1) is 6.08 Å². The van der Waals surface area contributed by atoms with Gasteiger partial charge in [0.2, 0.25) is 0 Å². The average molecular weight is 350 g/mol. The minimum atomic E-state index is 0. The van der Waals surface area contributed by atoms with Crippen LogP contribution in [0.3, 0.4) is 0 Å². The van der Waals surface area contributed by atoms with E-state index in [0.717, 1.165) is 12.8 Å². The zero-order chi connectivity index (χ0) is 13.8. The molecule has 0 amide bonds. The van der Waals surface area contributed by atoms with Crippen molar-refractivity contribution in [2.45, 2.75) is 19.8 Å². The molecule has 21 heavy (non-hydrogen) atoms. The van der Waals surface area contributed by atoms with Gasteiger partial charge in [-0.2, -0.15) is 6.08 Å². The third kappa shape index (κ3) is 3.66. The normalized spacial score (nSPS) is 12.7. The molecule has 0 unspecified atom stereocenters. The minimum absolute atomic E-state index is 0. The van der Waals surface area contributed by atoms with E-state index >= 15 is 0 Å². The molecule has 0 heterocycles. The molecule has 0 saturated heterocycles. The van der Waals surface area contributed by atoms with E-state index in [0.29, 0.717) is 0 Å². The molecule has 0 aliphatic heterocycles. The quantitative estimate of drug-likeness (QED) is 0.487. The molecule has 0 saturated carbocycles. The van der Waals surface area contributed by atoms with Crippen molar-refractivity contribution in [2.75, 3.05) is 0 Å². The monoisotopic (exact) mass is 348 g/mol. The first-order valence-corrected chi connectivity index (χ1v) is 7.17. The van der Waals surface area contributed by atoms with E-state index < -0.39 is 0 Å². The summed E-state index contributed by atoms with van der Waals surface area (Å²) < 4.78 is 0. The van der Waals surface area contributed by atoms with Gasteiger partial charge in [-0.1, -0.05) is 49.7 Å². The summed E-state index contributed by atoms with van der Waals surface area (Å²) in [6.07, 6.45) is 9.57. The standard InChI is InChI=1S/C13H9.C7H9.Zr/c1-3-7-12-10(5-1)9-11-6-2-4-8-13(11)12;1-2-7-5-3-4-6-7;/h1-9H;5-6H,2-3H2,1H3;/q2*-1;+2. The predicted molar refractivity (Wildman–Crippen MR) is 87.9 cm³/mol. The van der Waals surface area contributed by atoms with E-state index in [1.807, 2.05) is 0 Å². The van der Waals surface area contributed by atoms with Gasteiger partial charge in [-0.05, 0) is 0 Å². The van der Waals surface area contributed by atoms with E-state index in [9.17, 15) is 0 Å². The SMILES string of the molecule is CCC1=CC[C-]=C1.[Zr+2].c1ccc2c(c1)[cH-]c1ccccc12. The molecule has 0 aromatic heterocycles. The van der Waals surface area contributed by atoms with E-state index in [2.05, 4.69) is 79.7 Å². The Kier molecular flexibility index (Phi) is 5.82. The first-order valence-electron chi connectivity index (χ1n) is 7.17. The van der Waals surface area contributed by atoms with Crippen LogP contribution in [0.25, 0.3) is 21.5 Å². The fourth-order valence-electron chi connectivity index (χ4n) is 2.59. The fraction of sp³-hybridized carbons (Fsp3) is 0.150. The van der Waals surface area contributed by atoms with Crippen LogP contribution in [-0.2, 0) is 26.2 Å². The fourth-order valence-corrected chi connectivity index (χ4v) is 2.59. The van der Waals surface area contributed by atoms with Crippen LogP contribution in [0.15, 0.2) is 72.3 Å². The van der Waals surface area contributed by atoms with Crippen LogP contribution in [0.4, 0.5) is 0 Å². The third-order valence-corrected chi connectivity index (χ3v) is 3.70. The molecule has 0 atom stereocenters. The summed E-state index contributed by atoms with van der Waals surface area (Å²) in [5, 5.41) is 5.39. The Hall–Kier alpha value is -1.33. The summed E-state index contributed by atoms with van der Waals surface area (Å²) in [4.78, 5) is 0. The second kappa shape index (κ2) is 7.62. The average Bonchev–Trinajstić information content (AvgIpc) is 3.15. The molecular formula is C20H18Zr. The van der Waals surface area contributed by atoms with Crippen LogP contribution in [0.2, 0.25) is 0 Å². The molecule has 0 fully saturated rings. The maximum absolute atomic E-state index is 3.11. The Morgan fingerprint density at radius 2 is 1.52 bits per heavy atom. The molecule has 1 aliphatic carbocycles. The van der Waals surface area contributed by atoms with E-state index in [1.165, 1.54) is 27.1 Å². The summed E-state index contributed by atoms with van der Waals surface area (Å²) in [5.74, 6) is 0. The van der Waals surface area contributed by atoms with Crippen molar-refractivity contribution in [3.63, 3.8) is 0 Å². The smallest absolute Gasteiger partial charge is 0.273 e. The molecule has 0 radical (unpaired) electrons.